The van der Waals surface area contributed by atoms with Gasteiger partial charge in [-0.2, -0.15) is 0 Å². The minimum atomic E-state index is 0.711. The van der Waals surface area contributed by atoms with E-state index in [-0.39, 0.29) is 0 Å². The number of rotatable bonds is 8. The summed E-state index contributed by atoms with van der Waals surface area (Å²) in [4.78, 5) is 2.64. The summed E-state index contributed by atoms with van der Waals surface area (Å²) in [5.74, 6) is 1.77. The maximum atomic E-state index is 3.56. The van der Waals surface area contributed by atoms with Crippen molar-refractivity contribution in [2.45, 2.75) is 78.3 Å². The molecule has 0 bridgehead atoms. The normalized spacial score (nSPS) is 26.1. The second-order valence-electron chi connectivity index (χ2n) is 6.98. The molecule has 0 saturated heterocycles. The van der Waals surface area contributed by atoms with Crippen molar-refractivity contribution < 1.29 is 0 Å². The van der Waals surface area contributed by atoms with Gasteiger partial charge in [-0.25, -0.2) is 0 Å². The van der Waals surface area contributed by atoms with Gasteiger partial charge in [0.15, 0.2) is 0 Å². The summed E-state index contributed by atoms with van der Waals surface area (Å²) in [5, 5.41) is 3.56. The SMILES string of the molecule is CCC1CCC(N(C)C(C)CCNCC(C)C)CC1. The molecule has 0 spiro atoms. The molecule has 0 aromatic carbocycles. The Labute approximate surface area is 121 Å². The summed E-state index contributed by atoms with van der Waals surface area (Å²) < 4.78 is 0. The minimum absolute atomic E-state index is 0.711. The van der Waals surface area contributed by atoms with Gasteiger partial charge in [-0.15, -0.1) is 0 Å². The highest BCUT2D eigenvalue weighted by atomic mass is 15.2. The molecule has 1 unspecified atom stereocenters. The van der Waals surface area contributed by atoms with Crippen LogP contribution in [-0.2, 0) is 0 Å². The fourth-order valence-electron chi connectivity index (χ4n) is 3.23. The molecule has 1 aliphatic rings. The lowest BCUT2D eigenvalue weighted by Gasteiger charge is -2.38. The van der Waals surface area contributed by atoms with Gasteiger partial charge in [0.2, 0.25) is 0 Å². The van der Waals surface area contributed by atoms with Crippen LogP contribution >= 0.6 is 0 Å². The zero-order valence-corrected chi connectivity index (χ0v) is 13.9. The van der Waals surface area contributed by atoms with Crippen molar-refractivity contribution in [3.63, 3.8) is 0 Å². The van der Waals surface area contributed by atoms with Crippen molar-refractivity contribution in [2.75, 3.05) is 20.1 Å². The van der Waals surface area contributed by atoms with Crippen LogP contribution in [0.5, 0.6) is 0 Å². The molecule has 1 rings (SSSR count). The van der Waals surface area contributed by atoms with E-state index >= 15 is 0 Å². The molecular formula is C17H36N2. The Bertz CT molecular complexity index is 219. The molecule has 114 valence electrons. The maximum Gasteiger partial charge on any atom is 0.00952 e. The van der Waals surface area contributed by atoms with Gasteiger partial charge in [0.25, 0.3) is 0 Å². The molecular weight excluding hydrogens is 232 g/mol. The number of hydrogen-bond acceptors (Lipinski definition) is 2. The first-order valence-electron chi connectivity index (χ1n) is 8.47. The zero-order valence-electron chi connectivity index (χ0n) is 13.9. The lowest BCUT2D eigenvalue weighted by Crippen LogP contribution is -2.42. The second-order valence-corrected chi connectivity index (χ2v) is 6.98. The van der Waals surface area contributed by atoms with Crippen LogP contribution in [0, 0.1) is 11.8 Å². The molecule has 0 heterocycles. The third-order valence-corrected chi connectivity index (χ3v) is 4.96. The van der Waals surface area contributed by atoms with E-state index in [2.05, 4.69) is 45.0 Å². The van der Waals surface area contributed by atoms with Crippen molar-refractivity contribution in [2.24, 2.45) is 11.8 Å². The highest BCUT2D eigenvalue weighted by Crippen LogP contribution is 2.29. The average Bonchev–Trinajstić information content (AvgIpc) is 2.42. The Morgan fingerprint density at radius 2 is 1.74 bits per heavy atom. The molecule has 2 nitrogen and oxygen atoms in total. The monoisotopic (exact) mass is 268 g/mol. The molecule has 1 N–H and O–H groups in total. The third kappa shape index (κ3) is 6.27. The van der Waals surface area contributed by atoms with Crippen molar-refractivity contribution in [3.8, 4) is 0 Å². The summed E-state index contributed by atoms with van der Waals surface area (Å²) in [7, 11) is 2.34. The summed E-state index contributed by atoms with van der Waals surface area (Å²) in [6.07, 6.45) is 8.38. The van der Waals surface area contributed by atoms with Gasteiger partial charge >= 0.3 is 0 Å². The standard InChI is InChI=1S/C17H36N2/c1-6-16-7-9-17(10-8-16)19(5)15(4)11-12-18-13-14(2)3/h14-18H,6-13H2,1-5H3. The molecule has 0 aliphatic heterocycles. The zero-order chi connectivity index (χ0) is 14.3. The Morgan fingerprint density at radius 3 is 2.26 bits per heavy atom. The van der Waals surface area contributed by atoms with Crippen LogP contribution in [0.3, 0.4) is 0 Å². The largest absolute Gasteiger partial charge is 0.316 e. The van der Waals surface area contributed by atoms with E-state index in [4.69, 9.17) is 0 Å². The molecule has 1 saturated carbocycles. The fourth-order valence-corrected chi connectivity index (χ4v) is 3.23. The van der Waals surface area contributed by atoms with Crippen molar-refractivity contribution in [1.29, 1.82) is 0 Å². The molecule has 0 aromatic heterocycles. The highest BCUT2D eigenvalue weighted by Gasteiger charge is 2.25. The van der Waals surface area contributed by atoms with Gasteiger partial charge in [0, 0.05) is 12.1 Å². The number of hydrogen-bond donors (Lipinski definition) is 1. The quantitative estimate of drug-likeness (QED) is 0.671. The molecule has 0 amide bonds. The predicted octanol–water partition coefficient (Wildman–Crippen LogP) is 3.91. The van der Waals surface area contributed by atoms with E-state index < -0.39 is 0 Å². The molecule has 0 radical (unpaired) electrons. The Hall–Kier alpha value is -0.0800. The van der Waals surface area contributed by atoms with Crippen molar-refractivity contribution >= 4 is 0 Å². The predicted molar refractivity (Wildman–Crippen MR) is 85.6 cm³/mol. The summed E-state index contributed by atoms with van der Waals surface area (Å²) in [6, 6.07) is 1.55. The van der Waals surface area contributed by atoms with E-state index in [1.165, 1.54) is 38.5 Å². The van der Waals surface area contributed by atoms with E-state index in [0.29, 0.717) is 6.04 Å². The molecule has 19 heavy (non-hydrogen) atoms. The molecule has 0 aromatic rings. The van der Waals surface area contributed by atoms with Crippen LogP contribution in [0.2, 0.25) is 0 Å². The Morgan fingerprint density at radius 1 is 1.11 bits per heavy atom. The first-order valence-corrected chi connectivity index (χ1v) is 8.47. The summed E-state index contributed by atoms with van der Waals surface area (Å²) in [5.41, 5.74) is 0. The maximum absolute atomic E-state index is 3.56. The first-order chi connectivity index (χ1) is 9.04. The first kappa shape index (κ1) is 17.0. The molecule has 1 atom stereocenters. The third-order valence-electron chi connectivity index (χ3n) is 4.96. The van der Waals surface area contributed by atoms with Gasteiger partial charge in [0.1, 0.15) is 0 Å². The fraction of sp³-hybridized carbons (Fsp3) is 1.00. The topological polar surface area (TPSA) is 15.3 Å². The van der Waals surface area contributed by atoms with Crippen LogP contribution in [0.1, 0.15) is 66.2 Å². The second kappa shape index (κ2) is 8.97. The molecule has 1 aliphatic carbocycles. The van der Waals surface area contributed by atoms with Crippen molar-refractivity contribution in [1.82, 2.24) is 10.2 Å². The Kier molecular flexibility index (Phi) is 8.01. The van der Waals surface area contributed by atoms with Gasteiger partial charge in [-0.05, 0) is 71.0 Å². The summed E-state index contributed by atoms with van der Waals surface area (Å²) >= 11 is 0. The van der Waals surface area contributed by atoms with Gasteiger partial charge in [-0.1, -0.05) is 27.2 Å². The van der Waals surface area contributed by atoms with Crippen LogP contribution in [0.15, 0.2) is 0 Å². The van der Waals surface area contributed by atoms with Crippen LogP contribution in [0.25, 0.3) is 0 Å². The van der Waals surface area contributed by atoms with E-state index in [1.807, 2.05) is 0 Å². The number of nitrogens with one attached hydrogen (secondary N) is 1. The molecule has 1 fully saturated rings. The van der Waals surface area contributed by atoms with Crippen LogP contribution < -0.4 is 5.32 Å². The molecule has 2 heteroatoms. The van der Waals surface area contributed by atoms with Crippen LogP contribution in [0.4, 0.5) is 0 Å². The average molecular weight is 268 g/mol. The number of nitrogens with zero attached hydrogens (tertiary/aromatic N) is 1. The van der Waals surface area contributed by atoms with Crippen molar-refractivity contribution in [3.05, 3.63) is 0 Å². The minimum Gasteiger partial charge on any atom is -0.316 e. The van der Waals surface area contributed by atoms with E-state index in [0.717, 1.165) is 31.0 Å². The van der Waals surface area contributed by atoms with Gasteiger partial charge < -0.3 is 10.2 Å². The van der Waals surface area contributed by atoms with E-state index in [1.54, 1.807) is 0 Å². The highest BCUT2D eigenvalue weighted by molar-refractivity contribution is 4.80. The lowest BCUT2D eigenvalue weighted by molar-refractivity contribution is 0.122. The Balaban J connectivity index is 2.19. The van der Waals surface area contributed by atoms with Gasteiger partial charge in [0.05, 0.1) is 0 Å². The van der Waals surface area contributed by atoms with E-state index in [9.17, 15) is 0 Å². The van der Waals surface area contributed by atoms with Gasteiger partial charge in [-0.3, -0.25) is 0 Å². The smallest absolute Gasteiger partial charge is 0.00952 e. The van der Waals surface area contributed by atoms with Crippen LogP contribution in [-0.4, -0.2) is 37.1 Å². The lowest BCUT2D eigenvalue weighted by atomic mass is 9.83. The summed E-state index contributed by atoms with van der Waals surface area (Å²) in [6.45, 7) is 11.6.